The summed E-state index contributed by atoms with van der Waals surface area (Å²) in [5.74, 6) is 1.59. The van der Waals surface area contributed by atoms with E-state index < -0.39 is 0 Å². The van der Waals surface area contributed by atoms with E-state index in [9.17, 15) is 4.79 Å². The molecule has 0 aromatic heterocycles. The van der Waals surface area contributed by atoms with Crippen LogP contribution < -0.4 is 4.74 Å². The van der Waals surface area contributed by atoms with Crippen molar-refractivity contribution >= 4 is 17.5 Å². The quantitative estimate of drug-likeness (QED) is 0.741. The number of benzene rings is 2. The molecule has 2 aliphatic rings. The Bertz CT molecular complexity index is 743. The zero-order chi connectivity index (χ0) is 14.6. The zero-order valence-electron chi connectivity index (χ0n) is 11.5. The number of halogens is 1. The number of nitrogens with zero attached hydrogens (tertiary/aromatic N) is 1. The first-order valence-corrected chi connectivity index (χ1v) is 7.34. The summed E-state index contributed by atoms with van der Waals surface area (Å²) < 4.78 is 6.05. The summed E-state index contributed by atoms with van der Waals surface area (Å²) in [5, 5.41) is 0.670. The third kappa shape index (κ3) is 1.84. The van der Waals surface area contributed by atoms with Crippen molar-refractivity contribution in [3.63, 3.8) is 0 Å². The number of hydrogen-bond donors (Lipinski definition) is 0. The summed E-state index contributed by atoms with van der Waals surface area (Å²) in [6.07, 6.45) is 0. The van der Waals surface area contributed by atoms with Gasteiger partial charge in [-0.2, -0.15) is 0 Å². The van der Waals surface area contributed by atoms with Crippen molar-refractivity contribution in [1.82, 2.24) is 4.90 Å². The van der Waals surface area contributed by atoms with Gasteiger partial charge in [0.1, 0.15) is 11.5 Å². The molecular weight excluding hydrogens is 286 g/mol. The lowest BCUT2D eigenvalue weighted by Gasteiger charge is -2.15. The Balaban J connectivity index is 1.98. The van der Waals surface area contributed by atoms with Crippen LogP contribution in [-0.2, 0) is 4.79 Å². The van der Waals surface area contributed by atoms with Crippen molar-refractivity contribution in [2.45, 2.75) is 11.8 Å². The molecule has 4 rings (SSSR count). The summed E-state index contributed by atoms with van der Waals surface area (Å²) in [6, 6.07) is 13.4. The van der Waals surface area contributed by atoms with Crippen LogP contribution in [0.5, 0.6) is 11.5 Å². The fourth-order valence-electron chi connectivity index (χ4n) is 3.38. The molecule has 2 heterocycles. The average molecular weight is 300 g/mol. The summed E-state index contributed by atoms with van der Waals surface area (Å²) in [5.41, 5.74) is 1.98. The highest BCUT2D eigenvalue weighted by molar-refractivity contribution is 6.30. The number of carbonyl (C=O) groups is 1. The van der Waals surface area contributed by atoms with E-state index in [0.717, 1.165) is 22.6 Å². The van der Waals surface area contributed by atoms with Crippen LogP contribution in [0.3, 0.4) is 0 Å². The van der Waals surface area contributed by atoms with Gasteiger partial charge in [0.05, 0.1) is 5.92 Å². The molecule has 1 saturated heterocycles. The number of likely N-dealkylation sites (tertiary alicyclic amines) is 1. The predicted octanol–water partition coefficient (Wildman–Crippen LogP) is 3.79. The molecule has 0 saturated carbocycles. The van der Waals surface area contributed by atoms with E-state index in [1.165, 1.54) is 0 Å². The summed E-state index contributed by atoms with van der Waals surface area (Å²) >= 11 is 6.15. The minimum atomic E-state index is -0.189. The lowest BCUT2D eigenvalue weighted by Crippen LogP contribution is -2.21. The SMILES string of the molecule is CN1C[C@H]2c3cc(Cl)ccc3Oc3ccccc3[C@@H]2C1=O. The van der Waals surface area contributed by atoms with Gasteiger partial charge in [-0.25, -0.2) is 0 Å². The van der Waals surface area contributed by atoms with Crippen LogP contribution >= 0.6 is 11.6 Å². The fourth-order valence-corrected chi connectivity index (χ4v) is 3.56. The maximum atomic E-state index is 12.6. The predicted molar refractivity (Wildman–Crippen MR) is 81.1 cm³/mol. The van der Waals surface area contributed by atoms with Crippen LogP contribution in [0.2, 0.25) is 5.02 Å². The summed E-state index contributed by atoms with van der Waals surface area (Å²) in [7, 11) is 1.85. The molecule has 3 nitrogen and oxygen atoms in total. The molecule has 4 heteroatoms. The van der Waals surface area contributed by atoms with E-state index in [2.05, 4.69) is 0 Å². The Hall–Kier alpha value is -2.00. The minimum Gasteiger partial charge on any atom is -0.457 e. The molecule has 2 atom stereocenters. The molecular formula is C17H14ClNO2. The van der Waals surface area contributed by atoms with Gasteiger partial charge < -0.3 is 9.64 Å². The first-order chi connectivity index (χ1) is 10.1. The number of rotatable bonds is 0. The molecule has 2 aromatic carbocycles. The number of amides is 1. The van der Waals surface area contributed by atoms with E-state index >= 15 is 0 Å². The molecule has 0 radical (unpaired) electrons. The lowest BCUT2D eigenvalue weighted by atomic mass is 9.84. The van der Waals surface area contributed by atoms with E-state index in [-0.39, 0.29) is 17.7 Å². The number of ether oxygens (including phenoxy) is 1. The van der Waals surface area contributed by atoms with Crippen LogP contribution in [0.15, 0.2) is 42.5 Å². The smallest absolute Gasteiger partial charge is 0.230 e. The van der Waals surface area contributed by atoms with E-state index in [4.69, 9.17) is 16.3 Å². The second-order valence-electron chi connectivity index (χ2n) is 5.62. The Morgan fingerprint density at radius 3 is 2.76 bits per heavy atom. The number of likely N-dealkylation sites (N-methyl/N-ethyl adjacent to an activating group) is 1. The Labute approximate surface area is 128 Å². The largest absolute Gasteiger partial charge is 0.457 e. The van der Waals surface area contributed by atoms with Crippen molar-refractivity contribution in [2.24, 2.45) is 0 Å². The van der Waals surface area contributed by atoms with Crippen LogP contribution in [-0.4, -0.2) is 24.4 Å². The molecule has 1 fully saturated rings. The first-order valence-electron chi connectivity index (χ1n) is 6.96. The van der Waals surface area contributed by atoms with E-state index in [1.807, 2.05) is 49.5 Å². The topological polar surface area (TPSA) is 29.5 Å². The van der Waals surface area contributed by atoms with E-state index in [0.29, 0.717) is 11.6 Å². The highest BCUT2D eigenvalue weighted by Crippen LogP contribution is 2.50. The highest BCUT2D eigenvalue weighted by Gasteiger charge is 2.44. The molecule has 0 unspecified atom stereocenters. The van der Waals surface area contributed by atoms with Gasteiger partial charge in [0.2, 0.25) is 5.91 Å². The van der Waals surface area contributed by atoms with Crippen LogP contribution in [0, 0.1) is 0 Å². The molecule has 21 heavy (non-hydrogen) atoms. The van der Waals surface area contributed by atoms with Gasteiger partial charge >= 0.3 is 0 Å². The number of hydrogen-bond acceptors (Lipinski definition) is 2. The van der Waals surface area contributed by atoms with Crippen LogP contribution in [0.25, 0.3) is 0 Å². The third-order valence-corrected chi connectivity index (χ3v) is 4.60. The monoisotopic (exact) mass is 299 g/mol. The maximum Gasteiger partial charge on any atom is 0.230 e. The van der Waals surface area contributed by atoms with Gasteiger partial charge in [0, 0.05) is 35.7 Å². The third-order valence-electron chi connectivity index (χ3n) is 4.36. The molecule has 0 aliphatic carbocycles. The fraction of sp³-hybridized carbons (Fsp3) is 0.235. The summed E-state index contributed by atoms with van der Waals surface area (Å²) in [4.78, 5) is 14.4. The molecule has 0 spiro atoms. The highest BCUT2D eigenvalue weighted by atomic mass is 35.5. The molecule has 2 aliphatic heterocycles. The van der Waals surface area contributed by atoms with Crippen molar-refractivity contribution < 1.29 is 9.53 Å². The minimum absolute atomic E-state index is 0.0832. The molecule has 106 valence electrons. The van der Waals surface area contributed by atoms with Gasteiger partial charge in [0.15, 0.2) is 0 Å². The molecule has 1 amide bonds. The average Bonchev–Trinajstić information content (AvgIpc) is 2.70. The summed E-state index contributed by atoms with van der Waals surface area (Å²) in [6.45, 7) is 0.689. The van der Waals surface area contributed by atoms with E-state index in [1.54, 1.807) is 4.90 Å². The number of para-hydroxylation sites is 1. The molecule has 0 N–H and O–H groups in total. The Morgan fingerprint density at radius 1 is 1.14 bits per heavy atom. The van der Waals surface area contributed by atoms with Gasteiger partial charge in [-0.15, -0.1) is 0 Å². The van der Waals surface area contributed by atoms with Crippen LogP contribution in [0.1, 0.15) is 23.0 Å². The second kappa shape index (κ2) is 4.50. The maximum absolute atomic E-state index is 12.6. The first kappa shape index (κ1) is 12.7. The molecule has 0 bridgehead atoms. The second-order valence-corrected chi connectivity index (χ2v) is 6.06. The molecule has 2 aromatic rings. The standard InChI is InChI=1S/C17H14ClNO2/c1-19-9-13-12-8-10(18)6-7-15(12)21-14-5-3-2-4-11(14)16(13)17(19)20/h2-8,13,16H,9H2,1H3/t13-,16-/m0/s1. The van der Waals surface area contributed by atoms with Crippen molar-refractivity contribution in [1.29, 1.82) is 0 Å². The van der Waals surface area contributed by atoms with Gasteiger partial charge in [0.25, 0.3) is 0 Å². The zero-order valence-corrected chi connectivity index (χ0v) is 12.3. The number of carbonyl (C=O) groups excluding carboxylic acids is 1. The van der Waals surface area contributed by atoms with Gasteiger partial charge in [-0.05, 0) is 24.3 Å². The van der Waals surface area contributed by atoms with Crippen molar-refractivity contribution in [3.05, 3.63) is 58.6 Å². The number of fused-ring (bicyclic) bond motifs is 5. The van der Waals surface area contributed by atoms with Crippen molar-refractivity contribution in [2.75, 3.05) is 13.6 Å². The lowest BCUT2D eigenvalue weighted by molar-refractivity contribution is -0.127. The normalized spacial score (nSPS) is 23.0. The van der Waals surface area contributed by atoms with Crippen LogP contribution in [0.4, 0.5) is 0 Å². The van der Waals surface area contributed by atoms with Gasteiger partial charge in [-0.1, -0.05) is 29.8 Å². The Morgan fingerprint density at radius 2 is 1.90 bits per heavy atom. The van der Waals surface area contributed by atoms with Gasteiger partial charge in [-0.3, -0.25) is 4.79 Å². The Kier molecular flexibility index (Phi) is 2.73. The van der Waals surface area contributed by atoms with Crippen molar-refractivity contribution in [3.8, 4) is 11.5 Å².